The van der Waals surface area contributed by atoms with Gasteiger partial charge < -0.3 is 10.0 Å². The first-order valence-electron chi connectivity index (χ1n) is 7.33. The highest BCUT2D eigenvalue weighted by molar-refractivity contribution is 6.15. The van der Waals surface area contributed by atoms with Gasteiger partial charge in [-0.3, -0.25) is 9.59 Å². The van der Waals surface area contributed by atoms with Gasteiger partial charge in [-0.05, 0) is 24.1 Å². The number of aliphatic carboxylic acids is 1. The van der Waals surface area contributed by atoms with Gasteiger partial charge in [-0.1, -0.05) is 36.4 Å². The minimum Gasteiger partial charge on any atom is -0.481 e. The van der Waals surface area contributed by atoms with Crippen LogP contribution in [0, 0.1) is 0 Å². The Kier molecular flexibility index (Phi) is 3.67. The van der Waals surface area contributed by atoms with Crippen molar-refractivity contribution in [3.8, 4) is 0 Å². The summed E-state index contributed by atoms with van der Waals surface area (Å²) in [5, 5.41) is 9.12. The lowest BCUT2D eigenvalue weighted by Gasteiger charge is -2.24. The van der Waals surface area contributed by atoms with Gasteiger partial charge in [0.1, 0.15) is 0 Å². The molecule has 1 aliphatic rings. The molecule has 3 rings (SSSR count). The number of nitrogens with zero attached hydrogens (tertiary/aromatic N) is 1. The van der Waals surface area contributed by atoms with Crippen LogP contribution in [0.3, 0.4) is 0 Å². The summed E-state index contributed by atoms with van der Waals surface area (Å²) in [4.78, 5) is 26.2. The number of benzene rings is 2. The summed E-state index contributed by atoms with van der Waals surface area (Å²) in [5.41, 5.74) is 3.56. The molecule has 112 valence electrons. The van der Waals surface area contributed by atoms with E-state index in [9.17, 15) is 9.59 Å². The molecule has 0 atom stereocenters. The third kappa shape index (κ3) is 2.37. The standard InChI is InChI=1S/C18H17NO3/c1-2-19-11-13-6-3-4-8-14(13)18(22)17-12(10-16(20)21)7-5-9-15(17)19/h3-9H,2,10-11H2,1H3,(H,20,21). The maximum Gasteiger partial charge on any atom is 0.307 e. The van der Waals surface area contributed by atoms with Crippen LogP contribution in [0.25, 0.3) is 0 Å². The van der Waals surface area contributed by atoms with E-state index in [2.05, 4.69) is 4.90 Å². The second-order valence-electron chi connectivity index (χ2n) is 5.38. The van der Waals surface area contributed by atoms with Crippen molar-refractivity contribution in [3.63, 3.8) is 0 Å². The van der Waals surface area contributed by atoms with Crippen molar-refractivity contribution in [2.24, 2.45) is 0 Å². The maximum absolute atomic E-state index is 13.0. The van der Waals surface area contributed by atoms with E-state index < -0.39 is 5.97 Å². The number of hydrogen-bond donors (Lipinski definition) is 1. The normalized spacial score (nSPS) is 13.3. The number of ketones is 1. The molecule has 1 heterocycles. The van der Waals surface area contributed by atoms with Crippen LogP contribution in [0.5, 0.6) is 0 Å². The molecule has 0 spiro atoms. The average molecular weight is 295 g/mol. The SMILES string of the molecule is CCN1Cc2ccccc2C(=O)c2c(CC(=O)O)cccc21. The predicted octanol–water partition coefficient (Wildman–Crippen LogP) is 2.88. The quantitative estimate of drug-likeness (QED) is 0.946. The molecular weight excluding hydrogens is 278 g/mol. The van der Waals surface area contributed by atoms with Gasteiger partial charge in [-0.2, -0.15) is 0 Å². The Labute approximate surface area is 129 Å². The first-order valence-corrected chi connectivity index (χ1v) is 7.33. The molecule has 0 aliphatic carbocycles. The lowest BCUT2D eigenvalue weighted by molar-refractivity contribution is -0.136. The van der Waals surface area contributed by atoms with Gasteiger partial charge >= 0.3 is 5.97 Å². The third-order valence-corrected chi connectivity index (χ3v) is 4.04. The molecule has 0 bridgehead atoms. The smallest absolute Gasteiger partial charge is 0.307 e. The third-order valence-electron chi connectivity index (χ3n) is 4.04. The summed E-state index contributed by atoms with van der Waals surface area (Å²) >= 11 is 0. The van der Waals surface area contributed by atoms with E-state index in [1.807, 2.05) is 43.3 Å². The number of carboxylic acid groups (broad SMARTS) is 1. The van der Waals surface area contributed by atoms with E-state index in [0.717, 1.165) is 17.8 Å². The van der Waals surface area contributed by atoms with E-state index in [4.69, 9.17) is 5.11 Å². The summed E-state index contributed by atoms with van der Waals surface area (Å²) in [6.07, 6.45) is -0.144. The summed E-state index contributed by atoms with van der Waals surface area (Å²) in [6.45, 7) is 3.44. The van der Waals surface area contributed by atoms with Crippen molar-refractivity contribution in [2.45, 2.75) is 19.9 Å². The van der Waals surface area contributed by atoms with E-state index in [-0.39, 0.29) is 12.2 Å². The molecule has 4 nitrogen and oxygen atoms in total. The maximum atomic E-state index is 13.0. The van der Waals surface area contributed by atoms with Gasteiger partial charge in [0.05, 0.1) is 6.42 Å². The molecule has 0 saturated carbocycles. The average Bonchev–Trinajstić information content (AvgIpc) is 2.63. The second-order valence-corrected chi connectivity index (χ2v) is 5.38. The Hall–Kier alpha value is -2.62. The fourth-order valence-electron chi connectivity index (χ4n) is 3.01. The Morgan fingerprint density at radius 3 is 2.68 bits per heavy atom. The van der Waals surface area contributed by atoms with Crippen LogP contribution in [-0.4, -0.2) is 23.4 Å². The Bertz CT molecular complexity index is 752. The summed E-state index contributed by atoms with van der Waals surface area (Å²) in [5.74, 6) is -1.01. The number of anilines is 1. The Balaban J connectivity index is 2.24. The molecule has 0 saturated heterocycles. The first-order chi connectivity index (χ1) is 10.6. The Morgan fingerprint density at radius 1 is 1.18 bits per heavy atom. The molecule has 2 aromatic rings. The molecule has 4 heteroatoms. The number of carbonyl (C=O) groups is 2. The minimum absolute atomic E-state index is 0.0848. The summed E-state index contributed by atoms with van der Waals surface area (Å²) < 4.78 is 0. The molecule has 0 radical (unpaired) electrons. The topological polar surface area (TPSA) is 57.6 Å². The van der Waals surface area contributed by atoms with Crippen LogP contribution in [-0.2, 0) is 17.8 Å². The van der Waals surface area contributed by atoms with Crippen LogP contribution in [0.1, 0.15) is 34.0 Å². The number of fused-ring (bicyclic) bond motifs is 2. The molecular formula is C18H17NO3. The van der Waals surface area contributed by atoms with E-state index in [0.29, 0.717) is 23.2 Å². The minimum atomic E-state index is -0.929. The van der Waals surface area contributed by atoms with Gasteiger partial charge in [0, 0.05) is 29.9 Å². The van der Waals surface area contributed by atoms with Crippen LogP contribution in [0.2, 0.25) is 0 Å². The molecule has 1 N–H and O–H groups in total. The fraction of sp³-hybridized carbons (Fsp3) is 0.222. The van der Waals surface area contributed by atoms with Crippen molar-refractivity contribution in [1.82, 2.24) is 0 Å². The van der Waals surface area contributed by atoms with E-state index in [1.165, 1.54) is 0 Å². The van der Waals surface area contributed by atoms with Gasteiger partial charge in [0.25, 0.3) is 0 Å². The van der Waals surface area contributed by atoms with Gasteiger partial charge in [-0.25, -0.2) is 0 Å². The fourth-order valence-corrected chi connectivity index (χ4v) is 3.01. The van der Waals surface area contributed by atoms with Crippen LogP contribution in [0.15, 0.2) is 42.5 Å². The lowest BCUT2D eigenvalue weighted by atomic mass is 9.94. The zero-order valence-corrected chi connectivity index (χ0v) is 12.4. The van der Waals surface area contributed by atoms with Crippen molar-refractivity contribution in [2.75, 3.05) is 11.4 Å². The molecule has 0 aromatic heterocycles. The number of rotatable bonds is 3. The number of carboxylic acids is 1. The Morgan fingerprint density at radius 2 is 1.95 bits per heavy atom. The number of hydrogen-bond acceptors (Lipinski definition) is 3. The highest BCUT2D eigenvalue weighted by Gasteiger charge is 2.27. The zero-order valence-electron chi connectivity index (χ0n) is 12.4. The van der Waals surface area contributed by atoms with Crippen molar-refractivity contribution in [1.29, 1.82) is 0 Å². The van der Waals surface area contributed by atoms with Crippen LogP contribution >= 0.6 is 0 Å². The summed E-state index contributed by atoms with van der Waals surface area (Å²) in [7, 11) is 0. The monoisotopic (exact) mass is 295 g/mol. The zero-order chi connectivity index (χ0) is 15.7. The van der Waals surface area contributed by atoms with Gasteiger partial charge in [0.2, 0.25) is 0 Å². The number of carbonyl (C=O) groups excluding carboxylic acids is 1. The summed E-state index contributed by atoms with van der Waals surface area (Å²) in [6, 6.07) is 13.0. The van der Waals surface area contributed by atoms with Crippen LogP contribution < -0.4 is 4.90 Å². The van der Waals surface area contributed by atoms with Crippen LogP contribution in [0.4, 0.5) is 5.69 Å². The lowest BCUT2D eigenvalue weighted by Crippen LogP contribution is -2.22. The van der Waals surface area contributed by atoms with E-state index in [1.54, 1.807) is 6.07 Å². The van der Waals surface area contributed by atoms with E-state index >= 15 is 0 Å². The molecule has 0 unspecified atom stereocenters. The predicted molar refractivity (Wildman–Crippen MR) is 84.4 cm³/mol. The molecule has 1 aliphatic heterocycles. The van der Waals surface area contributed by atoms with Crippen molar-refractivity contribution < 1.29 is 14.7 Å². The molecule has 2 aromatic carbocycles. The first kappa shape index (κ1) is 14.3. The van der Waals surface area contributed by atoms with Crippen molar-refractivity contribution >= 4 is 17.4 Å². The van der Waals surface area contributed by atoms with Gasteiger partial charge in [-0.15, -0.1) is 0 Å². The molecule has 0 amide bonds. The molecule has 0 fully saturated rings. The molecule has 22 heavy (non-hydrogen) atoms. The highest BCUT2D eigenvalue weighted by Crippen LogP contribution is 2.32. The van der Waals surface area contributed by atoms with Gasteiger partial charge in [0.15, 0.2) is 5.78 Å². The van der Waals surface area contributed by atoms with Crippen molar-refractivity contribution in [3.05, 3.63) is 64.7 Å². The second kappa shape index (κ2) is 5.64. The largest absolute Gasteiger partial charge is 0.481 e. The highest BCUT2D eigenvalue weighted by atomic mass is 16.4.